The molecule has 110 valence electrons. The smallest absolute Gasteiger partial charge is 0.255 e. The van der Waals surface area contributed by atoms with Gasteiger partial charge in [0.25, 0.3) is 5.91 Å². The number of likely N-dealkylation sites (N-methyl/N-ethyl adjacent to an activating group) is 1. The highest BCUT2D eigenvalue weighted by atomic mass is 32.1. The zero-order chi connectivity index (χ0) is 14.7. The second-order valence-electron chi connectivity index (χ2n) is 5.39. The summed E-state index contributed by atoms with van der Waals surface area (Å²) in [5.74, 6) is 0.0923. The molecular weight excluding hydrogens is 282 g/mol. The first-order valence-corrected chi connectivity index (χ1v) is 8.15. The van der Waals surface area contributed by atoms with Gasteiger partial charge in [-0.05, 0) is 43.6 Å². The summed E-state index contributed by atoms with van der Waals surface area (Å²) in [7, 11) is 2.10. The van der Waals surface area contributed by atoms with Crippen LogP contribution in [0.4, 0.5) is 0 Å². The summed E-state index contributed by atoms with van der Waals surface area (Å²) in [6, 6.07) is 5.86. The average molecular weight is 301 g/mol. The van der Waals surface area contributed by atoms with Gasteiger partial charge >= 0.3 is 0 Å². The number of hydrogen-bond donors (Lipinski definition) is 0. The Morgan fingerprint density at radius 2 is 2.10 bits per heavy atom. The molecule has 1 aliphatic heterocycles. The molecule has 2 aromatic rings. The highest BCUT2D eigenvalue weighted by molar-refractivity contribution is 7.08. The topological polar surface area (TPSA) is 36.4 Å². The maximum atomic E-state index is 12.5. The molecular formula is C16H19N3OS. The number of pyridine rings is 1. The fourth-order valence-corrected chi connectivity index (χ4v) is 3.18. The summed E-state index contributed by atoms with van der Waals surface area (Å²) < 4.78 is 0. The van der Waals surface area contributed by atoms with Crippen LogP contribution in [0.1, 0.15) is 16.8 Å². The molecule has 0 atom stereocenters. The first-order valence-electron chi connectivity index (χ1n) is 7.20. The van der Waals surface area contributed by atoms with Crippen molar-refractivity contribution < 1.29 is 4.79 Å². The number of aromatic nitrogens is 1. The zero-order valence-electron chi connectivity index (χ0n) is 12.2. The second kappa shape index (κ2) is 6.37. The van der Waals surface area contributed by atoms with E-state index in [0.717, 1.165) is 43.9 Å². The Kier molecular flexibility index (Phi) is 4.31. The van der Waals surface area contributed by atoms with Crippen molar-refractivity contribution in [1.29, 1.82) is 0 Å². The standard InChI is InChI=1S/C16H19N3OS/c1-18-6-2-7-19(9-8-18)16(20)13-3-4-15(17-11-13)14-5-10-21-12-14/h3-5,10-12H,2,6-9H2,1H3. The maximum absolute atomic E-state index is 12.5. The molecule has 0 saturated carbocycles. The highest BCUT2D eigenvalue weighted by Gasteiger charge is 2.19. The van der Waals surface area contributed by atoms with Crippen LogP contribution in [0, 0.1) is 0 Å². The van der Waals surface area contributed by atoms with Gasteiger partial charge in [0, 0.05) is 36.8 Å². The van der Waals surface area contributed by atoms with Crippen LogP contribution in [0.25, 0.3) is 11.3 Å². The molecule has 0 radical (unpaired) electrons. The number of carbonyl (C=O) groups excluding carboxylic acids is 1. The largest absolute Gasteiger partial charge is 0.337 e. The van der Waals surface area contributed by atoms with Gasteiger partial charge < -0.3 is 9.80 Å². The predicted octanol–water partition coefficient (Wildman–Crippen LogP) is 2.59. The van der Waals surface area contributed by atoms with Crippen LogP contribution in [0.5, 0.6) is 0 Å². The molecule has 2 aromatic heterocycles. The molecule has 1 fully saturated rings. The minimum absolute atomic E-state index is 0.0923. The number of nitrogens with zero attached hydrogens (tertiary/aromatic N) is 3. The van der Waals surface area contributed by atoms with E-state index < -0.39 is 0 Å². The fraction of sp³-hybridized carbons (Fsp3) is 0.375. The Labute approximate surface area is 129 Å². The van der Waals surface area contributed by atoms with Crippen LogP contribution >= 0.6 is 11.3 Å². The van der Waals surface area contributed by atoms with Crippen LogP contribution in [-0.2, 0) is 0 Å². The third-order valence-electron chi connectivity index (χ3n) is 3.83. The molecule has 0 spiro atoms. The van der Waals surface area contributed by atoms with Gasteiger partial charge in [-0.15, -0.1) is 0 Å². The number of thiophene rings is 1. The van der Waals surface area contributed by atoms with E-state index in [-0.39, 0.29) is 5.91 Å². The van der Waals surface area contributed by atoms with Gasteiger partial charge in [0.05, 0.1) is 11.3 Å². The second-order valence-corrected chi connectivity index (χ2v) is 6.17. The van der Waals surface area contributed by atoms with Crippen molar-refractivity contribution in [2.75, 3.05) is 33.2 Å². The molecule has 21 heavy (non-hydrogen) atoms. The van der Waals surface area contributed by atoms with Gasteiger partial charge in [-0.25, -0.2) is 0 Å². The van der Waals surface area contributed by atoms with Crippen molar-refractivity contribution >= 4 is 17.2 Å². The highest BCUT2D eigenvalue weighted by Crippen LogP contribution is 2.20. The monoisotopic (exact) mass is 301 g/mol. The molecule has 0 unspecified atom stereocenters. The van der Waals surface area contributed by atoms with Crippen LogP contribution in [0.15, 0.2) is 35.2 Å². The fourth-order valence-electron chi connectivity index (χ4n) is 2.53. The average Bonchev–Trinajstić information content (AvgIpc) is 2.96. The van der Waals surface area contributed by atoms with Gasteiger partial charge in [-0.1, -0.05) is 0 Å². The van der Waals surface area contributed by atoms with Gasteiger partial charge in [-0.2, -0.15) is 11.3 Å². The molecule has 4 nitrogen and oxygen atoms in total. The third-order valence-corrected chi connectivity index (χ3v) is 4.52. The Morgan fingerprint density at radius 3 is 2.81 bits per heavy atom. The number of carbonyl (C=O) groups is 1. The van der Waals surface area contributed by atoms with Gasteiger partial charge in [-0.3, -0.25) is 9.78 Å². The van der Waals surface area contributed by atoms with Gasteiger partial charge in [0.15, 0.2) is 0 Å². The summed E-state index contributed by atoms with van der Waals surface area (Å²) in [6.07, 6.45) is 2.73. The summed E-state index contributed by atoms with van der Waals surface area (Å²) in [6.45, 7) is 3.61. The SMILES string of the molecule is CN1CCCN(C(=O)c2ccc(-c3ccsc3)nc2)CC1. The van der Waals surface area contributed by atoms with E-state index in [1.165, 1.54) is 0 Å². The first kappa shape index (κ1) is 14.2. The molecule has 3 rings (SSSR count). The molecule has 0 N–H and O–H groups in total. The van der Waals surface area contributed by atoms with Crippen molar-refractivity contribution in [3.63, 3.8) is 0 Å². The molecule has 1 aliphatic rings. The van der Waals surface area contributed by atoms with Crippen molar-refractivity contribution in [2.45, 2.75) is 6.42 Å². The van der Waals surface area contributed by atoms with Crippen LogP contribution < -0.4 is 0 Å². The van der Waals surface area contributed by atoms with E-state index in [1.807, 2.05) is 28.5 Å². The van der Waals surface area contributed by atoms with E-state index in [2.05, 4.69) is 22.3 Å². The van der Waals surface area contributed by atoms with Crippen molar-refractivity contribution in [3.05, 3.63) is 40.7 Å². The van der Waals surface area contributed by atoms with E-state index in [0.29, 0.717) is 5.56 Å². The zero-order valence-corrected chi connectivity index (χ0v) is 13.0. The van der Waals surface area contributed by atoms with E-state index >= 15 is 0 Å². The molecule has 0 aliphatic carbocycles. The Hall–Kier alpha value is -1.72. The minimum Gasteiger partial charge on any atom is -0.337 e. The third kappa shape index (κ3) is 3.31. The van der Waals surface area contributed by atoms with Gasteiger partial charge in [0.1, 0.15) is 0 Å². The molecule has 1 saturated heterocycles. The predicted molar refractivity (Wildman–Crippen MR) is 85.6 cm³/mol. The van der Waals surface area contributed by atoms with Crippen LogP contribution in [0.3, 0.4) is 0 Å². The minimum atomic E-state index is 0.0923. The van der Waals surface area contributed by atoms with E-state index in [1.54, 1.807) is 17.5 Å². The Balaban J connectivity index is 1.73. The molecule has 3 heterocycles. The van der Waals surface area contributed by atoms with Crippen LogP contribution in [-0.4, -0.2) is 53.9 Å². The summed E-state index contributed by atoms with van der Waals surface area (Å²) in [5.41, 5.74) is 2.71. The summed E-state index contributed by atoms with van der Waals surface area (Å²) in [4.78, 5) is 21.2. The number of amides is 1. The van der Waals surface area contributed by atoms with Crippen molar-refractivity contribution in [3.8, 4) is 11.3 Å². The number of rotatable bonds is 2. The quantitative estimate of drug-likeness (QED) is 0.855. The molecule has 1 amide bonds. The van der Waals surface area contributed by atoms with Crippen molar-refractivity contribution in [1.82, 2.24) is 14.8 Å². The first-order chi connectivity index (χ1) is 10.2. The lowest BCUT2D eigenvalue weighted by molar-refractivity contribution is 0.0762. The Morgan fingerprint density at radius 1 is 1.19 bits per heavy atom. The van der Waals surface area contributed by atoms with Gasteiger partial charge in [0.2, 0.25) is 0 Å². The lowest BCUT2D eigenvalue weighted by Crippen LogP contribution is -2.34. The molecule has 0 aromatic carbocycles. The lowest BCUT2D eigenvalue weighted by atomic mass is 10.1. The van der Waals surface area contributed by atoms with E-state index in [9.17, 15) is 4.79 Å². The van der Waals surface area contributed by atoms with Crippen molar-refractivity contribution in [2.24, 2.45) is 0 Å². The Bertz CT molecular complexity index is 594. The number of hydrogen-bond acceptors (Lipinski definition) is 4. The summed E-state index contributed by atoms with van der Waals surface area (Å²) in [5, 5.41) is 4.10. The molecule has 0 bridgehead atoms. The normalized spacial score (nSPS) is 16.7. The lowest BCUT2D eigenvalue weighted by Gasteiger charge is -2.20. The summed E-state index contributed by atoms with van der Waals surface area (Å²) >= 11 is 1.65. The maximum Gasteiger partial charge on any atom is 0.255 e. The van der Waals surface area contributed by atoms with E-state index in [4.69, 9.17) is 0 Å². The van der Waals surface area contributed by atoms with Crippen LogP contribution in [0.2, 0.25) is 0 Å². The molecule has 5 heteroatoms.